The molecule has 3 N–H and O–H groups in total. The molecular weight excluding hydrogens is 406 g/mol. The fourth-order valence-electron chi connectivity index (χ4n) is 3.52. The van der Waals surface area contributed by atoms with E-state index in [0.29, 0.717) is 30.7 Å². The number of thioether (sulfide) groups is 1. The molecule has 0 aliphatic carbocycles. The van der Waals surface area contributed by atoms with Gasteiger partial charge in [0.15, 0.2) is 5.82 Å². The molecule has 0 bridgehead atoms. The molecule has 3 aromatic rings. The summed E-state index contributed by atoms with van der Waals surface area (Å²) in [6, 6.07) is 14.3. The number of nitrogens with zero attached hydrogens (tertiary/aromatic N) is 3. The highest BCUT2D eigenvalue weighted by molar-refractivity contribution is 7.99. The predicted molar refractivity (Wildman–Crippen MR) is 115 cm³/mol. The van der Waals surface area contributed by atoms with E-state index < -0.39 is 0 Å². The Kier molecular flexibility index (Phi) is 6.17. The molecule has 0 unspecified atom stereocenters. The van der Waals surface area contributed by atoms with Crippen molar-refractivity contribution in [3.05, 3.63) is 53.4 Å². The molecule has 1 fully saturated rings. The van der Waals surface area contributed by atoms with Gasteiger partial charge in [-0.3, -0.25) is 4.79 Å². The van der Waals surface area contributed by atoms with Gasteiger partial charge in [-0.05, 0) is 29.9 Å². The molecule has 7 nitrogen and oxygen atoms in total. The van der Waals surface area contributed by atoms with E-state index in [0.717, 1.165) is 17.7 Å². The van der Waals surface area contributed by atoms with Gasteiger partial charge in [0.05, 0.1) is 10.6 Å². The van der Waals surface area contributed by atoms with Crippen LogP contribution in [-0.4, -0.2) is 46.3 Å². The Balaban J connectivity index is 1.36. The molecule has 1 aliphatic heterocycles. The third kappa shape index (κ3) is 4.47. The van der Waals surface area contributed by atoms with Gasteiger partial charge in [-0.25, -0.2) is 4.68 Å². The average molecular weight is 430 g/mol. The number of carbonyl (C=O) groups excluding carboxylic acids is 1. The van der Waals surface area contributed by atoms with Crippen LogP contribution in [0.15, 0.2) is 53.0 Å². The molecule has 2 aromatic heterocycles. The molecule has 4 rings (SSSR count). The topological polar surface area (TPSA) is 95.1 Å². The molecule has 1 saturated heterocycles. The zero-order chi connectivity index (χ0) is 20.1. The molecule has 9 heteroatoms. The zero-order valence-corrected chi connectivity index (χ0v) is 17.5. The Hall–Kier alpha value is -2.36. The summed E-state index contributed by atoms with van der Waals surface area (Å²) < 4.78 is 6.99. The SMILES string of the molecule is Nn1c(SCC(=O)NCC2(c3ccccc3)CCOCC2)nnc1-c1cccs1. The van der Waals surface area contributed by atoms with Gasteiger partial charge >= 0.3 is 0 Å². The van der Waals surface area contributed by atoms with E-state index in [4.69, 9.17) is 10.6 Å². The molecule has 152 valence electrons. The van der Waals surface area contributed by atoms with E-state index in [-0.39, 0.29) is 17.1 Å². The molecule has 0 spiro atoms. The van der Waals surface area contributed by atoms with E-state index in [1.807, 2.05) is 35.7 Å². The molecular formula is C20H23N5O2S2. The van der Waals surface area contributed by atoms with Crippen LogP contribution in [0.25, 0.3) is 10.7 Å². The molecule has 0 radical (unpaired) electrons. The molecule has 0 saturated carbocycles. The number of rotatable bonds is 7. The second kappa shape index (κ2) is 8.98. The number of ether oxygens (including phenoxy) is 1. The van der Waals surface area contributed by atoms with Gasteiger partial charge in [0.2, 0.25) is 11.1 Å². The molecule has 29 heavy (non-hydrogen) atoms. The summed E-state index contributed by atoms with van der Waals surface area (Å²) in [4.78, 5) is 13.5. The van der Waals surface area contributed by atoms with Crippen molar-refractivity contribution in [2.75, 3.05) is 31.4 Å². The highest BCUT2D eigenvalue weighted by Crippen LogP contribution is 2.34. The van der Waals surface area contributed by atoms with Crippen LogP contribution >= 0.6 is 23.1 Å². The number of hydrogen-bond donors (Lipinski definition) is 2. The first-order valence-corrected chi connectivity index (χ1v) is 11.3. The number of nitrogens with two attached hydrogens (primary N) is 1. The van der Waals surface area contributed by atoms with Crippen LogP contribution in [0.3, 0.4) is 0 Å². The first-order chi connectivity index (χ1) is 14.2. The Bertz CT molecular complexity index is 937. The third-order valence-corrected chi connectivity index (χ3v) is 7.01. The van der Waals surface area contributed by atoms with Crippen molar-refractivity contribution in [2.45, 2.75) is 23.4 Å². The lowest BCUT2D eigenvalue weighted by Crippen LogP contribution is -2.45. The minimum atomic E-state index is -0.0833. The van der Waals surface area contributed by atoms with Crippen molar-refractivity contribution in [1.29, 1.82) is 0 Å². The number of thiophene rings is 1. The predicted octanol–water partition coefficient (Wildman–Crippen LogP) is 2.68. The van der Waals surface area contributed by atoms with E-state index in [9.17, 15) is 4.79 Å². The average Bonchev–Trinajstić information content (AvgIpc) is 3.42. The van der Waals surface area contributed by atoms with Crippen molar-refractivity contribution in [3.8, 4) is 10.7 Å². The van der Waals surface area contributed by atoms with Crippen molar-refractivity contribution >= 4 is 29.0 Å². The Morgan fingerprint density at radius 2 is 2.00 bits per heavy atom. The summed E-state index contributed by atoms with van der Waals surface area (Å²) in [5.74, 6) is 6.90. The largest absolute Gasteiger partial charge is 0.381 e. The monoisotopic (exact) mass is 429 g/mol. The van der Waals surface area contributed by atoms with E-state index >= 15 is 0 Å². The highest BCUT2D eigenvalue weighted by atomic mass is 32.2. The summed E-state index contributed by atoms with van der Waals surface area (Å²) in [6.45, 7) is 2.01. The maximum absolute atomic E-state index is 12.5. The smallest absolute Gasteiger partial charge is 0.230 e. The molecule has 1 amide bonds. The van der Waals surface area contributed by atoms with E-state index in [1.54, 1.807) is 11.3 Å². The Morgan fingerprint density at radius 3 is 2.72 bits per heavy atom. The maximum atomic E-state index is 12.5. The number of nitrogen functional groups attached to an aromatic ring is 1. The minimum absolute atomic E-state index is 0.0440. The Labute approximate surface area is 177 Å². The summed E-state index contributed by atoms with van der Waals surface area (Å²) in [5.41, 5.74) is 1.17. The lowest BCUT2D eigenvalue weighted by Gasteiger charge is -2.38. The number of amides is 1. The number of aromatic nitrogens is 3. The summed E-state index contributed by atoms with van der Waals surface area (Å²) in [6.07, 6.45) is 1.79. The van der Waals surface area contributed by atoms with Crippen LogP contribution in [0.5, 0.6) is 0 Å². The van der Waals surface area contributed by atoms with Crippen molar-refractivity contribution in [1.82, 2.24) is 20.2 Å². The first kappa shape index (κ1) is 19.9. The highest BCUT2D eigenvalue weighted by Gasteiger charge is 2.34. The van der Waals surface area contributed by atoms with Crippen LogP contribution < -0.4 is 11.2 Å². The number of nitrogens with one attached hydrogen (secondary N) is 1. The number of hydrogen-bond acceptors (Lipinski definition) is 7. The van der Waals surface area contributed by atoms with Crippen molar-refractivity contribution in [3.63, 3.8) is 0 Å². The van der Waals surface area contributed by atoms with Gasteiger partial charge in [-0.1, -0.05) is 48.2 Å². The van der Waals surface area contributed by atoms with Gasteiger partial charge in [0, 0.05) is 25.2 Å². The fourth-order valence-corrected chi connectivity index (χ4v) is 4.91. The molecule has 0 atom stereocenters. The van der Waals surface area contributed by atoms with Crippen molar-refractivity contribution in [2.24, 2.45) is 0 Å². The van der Waals surface area contributed by atoms with Crippen LogP contribution in [0, 0.1) is 0 Å². The van der Waals surface area contributed by atoms with Crippen LogP contribution in [0.4, 0.5) is 0 Å². The Morgan fingerprint density at radius 1 is 1.21 bits per heavy atom. The molecule has 3 heterocycles. The first-order valence-electron chi connectivity index (χ1n) is 9.45. The van der Waals surface area contributed by atoms with Gasteiger partial charge in [0.25, 0.3) is 0 Å². The second-order valence-electron chi connectivity index (χ2n) is 6.98. The summed E-state index contributed by atoms with van der Waals surface area (Å²) >= 11 is 2.83. The van der Waals surface area contributed by atoms with E-state index in [2.05, 4.69) is 27.6 Å². The quantitative estimate of drug-likeness (QED) is 0.443. The lowest BCUT2D eigenvalue weighted by molar-refractivity contribution is -0.119. The lowest BCUT2D eigenvalue weighted by atomic mass is 9.74. The third-order valence-electron chi connectivity index (χ3n) is 5.20. The van der Waals surface area contributed by atoms with Crippen LogP contribution in [0.1, 0.15) is 18.4 Å². The van der Waals surface area contributed by atoms with E-state index in [1.165, 1.54) is 22.0 Å². The summed E-state index contributed by atoms with van der Waals surface area (Å²) in [7, 11) is 0. The van der Waals surface area contributed by atoms with Gasteiger partial charge in [-0.15, -0.1) is 21.5 Å². The zero-order valence-electron chi connectivity index (χ0n) is 15.9. The maximum Gasteiger partial charge on any atom is 0.230 e. The van der Waals surface area contributed by atoms with Crippen LogP contribution in [0.2, 0.25) is 0 Å². The second-order valence-corrected chi connectivity index (χ2v) is 8.87. The van der Waals surface area contributed by atoms with Gasteiger partial charge in [-0.2, -0.15) is 0 Å². The number of carbonyl (C=O) groups is 1. The van der Waals surface area contributed by atoms with Crippen LogP contribution in [-0.2, 0) is 14.9 Å². The minimum Gasteiger partial charge on any atom is -0.381 e. The van der Waals surface area contributed by atoms with Crippen molar-refractivity contribution < 1.29 is 9.53 Å². The molecule has 1 aromatic carbocycles. The standard InChI is InChI=1S/C20H23N5O2S2/c21-25-18(16-7-4-12-28-16)23-24-19(25)29-13-17(26)22-14-20(8-10-27-11-9-20)15-5-2-1-3-6-15/h1-7,12H,8-11,13-14,21H2,(H,22,26). The molecule has 1 aliphatic rings. The normalized spacial score (nSPS) is 15.9. The fraction of sp³-hybridized carbons (Fsp3) is 0.350. The van der Waals surface area contributed by atoms with Gasteiger partial charge in [0.1, 0.15) is 0 Å². The van der Waals surface area contributed by atoms with Gasteiger partial charge < -0.3 is 15.9 Å². The summed E-state index contributed by atoms with van der Waals surface area (Å²) in [5, 5.41) is 13.8. The number of benzene rings is 1.